The van der Waals surface area contributed by atoms with Gasteiger partial charge in [0.05, 0.1) is 0 Å². The maximum absolute atomic E-state index is 12.2. The van der Waals surface area contributed by atoms with Crippen LogP contribution in [0.1, 0.15) is 24.0 Å². The predicted octanol–water partition coefficient (Wildman–Crippen LogP) is 3.33. The number of likely N-dealkylation sites (tertiary alicyclic amines) is 1. The summed E-state index contributed by atoms with van der Waals surface area (Å²) in [6, 6.07) is 17.6. The molecule has 1 aliphatic rings. The Hall–Kier alpha value is -2.53. The zero-order valence-electron chi connectivity index (χ0n) is 14.3. The standard InChI is InChI=1S/C20H24N2O3/c21-14-16-6-8-18(9-7-16)25-19-10-12-22(13-11-19)20(23)24-15-17-4-2-1-3-5-17/h1-9,19H,10-15,21H2. The SMILES string of the molecule is NCc1ccc(OC2CCN(C(=O)OCc3ccccc3)CC2)cc1. The highest BCUT2D eigenvalue weighted by atomic mass is 16.6. The molecular formula is C20H24N2O3. The summed E-state index contributed by atoms with van der Waals surface area (Å²) in [6.45, 7) is 2.14. The predicted molar refractivity (Wildman–Crippen MR) is 96.2 cm³/mol. The van der Waals surface area contributed by atoms with Crippen molar-refractivity contribution in [2.24, 2.45) is 5.73 Å². The molecule has 2 aromatic carbocycles. The van der Waals surface area contributed by atoms with Gasteiger partial charge in [0.15, 0.2) is 0 Å². The van der Waals surface area contributed by atoms with Crippen LogP contribution in [0.2, 0.25) is 0 Å². The zero-order valence-corrected chi connectivity index (χ0v) is 14.3. The molecule has 1 fully saturated rings. The fourth-order valence-electron chi connectivity index (χ4n) is 2.86. The molecule has 0 aliphatic carbocycles. The Morgan fingerprint density at radius 2 is 1.68 bits per heavy atom. The highest BCUT2D eigenvalue weighted by molar-refractivity contribution is 5.67. The molecule has 0 radical (unpaired) electrons. The van der Waals surface area contributed by atoms with Crippen LogP contribution in [-0.2, 0) is 17.9 Å². The molecule has 5 nitrogen and oxygen atoms in total. The Balaban J connectivity index is 1.42. The van der Waals surface area contributed by atoms with Crippen molar-refractivity contribution < 1.29 is 14.3 Å². The van der Waals surface area contributed by atoms with E-state index in [2.05, 4.69) is 0 Å². The lowest BCUT2D eigenvalue weighted by atomic mass is 10.1. The summed E-state index contributed by atoms with van der Waals surface area (Å²) in [5.74, 6) is 0.849. The van der Waals surface area contributed by atoms with Gasteiger partial charge in [-0.25, -0.2) is 4.79 Å². The van der Waals surface area contributed by atoms with E-state index in [9.17, 15) is 4.79 Å². The summed E-state index contributed by atoms with van der Waals surface area (Å²) in [7, 11) is 0. The number of carbonyl (C=O) groups excluding carboxylic acids is 1. The maximum Gasteiger partial charge on any atom is 0.410 e. The Morgan fingerprint density at radius 3 is 2.32 bits per heavy atom. The minimum absolute atomic E-state index is 0.127. The van der Waals surface area contributed by atoms with Crippen LogP contribution < -0.4 is 10.5 Å². The van der Waals surface area contributed by atoms with Crippen LogP contribution in [0.15, 0.2) is 54.6 Å². The molecule has 132 valence electrons. The van der Waals surface area contributed by atoms with Gasteiger partial charge in [-0.15, -0.1) is 0 Å². The molecule has 0 atom stereocenters. The first-order valence-corrected chi connectivity index (χ1v) is 8.66. The molecule has 2 N–H and O–H groups in total. The van der Waals surface area contributed by atoms with Crippen molar-refractivity contribution in [1.82, 2.24) is 4.90 Å². The average molecular weight is 340 g/mol. The molecule has 0 spiro atoms. The number of hydrogen-bond acceptors (Lipinski definition) is 4. The van der Waals surface area contributed by atoms with Gasteiger partial charge in [0.2, 0.25) is 0 Å². The van der Waals surface area contributed by atoms with E-state index in [1.54, 1.807) is 4.90 Å². The smallest absolute Gasteiger partial charge is 0.410 e. The van der Waals surface area contributed by atoms with Gasteiger partial charge in [0, 0.05) is 32.5 Å². The van der Waals surface area contributed by atoms with Crippen molar-refractivity contribution in [2.45, 2.75) is 32.1 Å². The first kappa shape index (κ1) is 17.3. The van der Waals surface area contributed by atoms with Crippen LogP contribution in [0.25, 0.3) is 0 Å². The van der Waals surface area contributed by atoms with Gasteiger partial charge < -0.3 is 20.1 Å². The topological polar surface area (TPSA) is 64.8 Å². The highest BCUT2D eigenvalue weighted by Crippen LogP contribution is 2.20. The van der Waals surface area contributed by atoms with E-state index in [-0.39, 0.29) is 12.2 Å². The lowest BCUT2D eigenvalue weighted by molar-refractivity contribution is 0.0638. The summed E-state index contributed by atoms with van der Waals surface area (Å²) in [5, 5.41) is 0. The molecule has 1 saturated heterocycles. The minimum atomic E-state index is -0.255. The first-order valence-electron chi connectivity index (χ1n) is 8.66. The Labute approximate surface area is 148 Å². The van der Waals surface area contributed by atoms with E-state index in [0.717, 1.165) is 29.7 Å². The van der Waals surface area contributed by atoms with Crippen LogP contribution in [0, 0.1) is 0 Å². The number of nitrogens with two attached hydrogens (primary N) is 1. The minimum Gasteiger partial charge on any atom is -0.490 e. The zero-order chi connectivity index (χ0) is 17.5. The fraction of sp³-hybridized carbons (Fsp3) is 0.350. The molecule has 1 heterocycles. The van der Waals surface area contributed by atoms with Gasteiger partial charge in [0.1, 0.15) is 18.5 Å². The lowest BCUT2D eigenvalue weighted by Crippen LogP contribution is -2.42. The molecule has 0 saturated carbocycles. The highest BCUT2D eigenvalue weighted by Gasteiger charge is 2.24. The van der Waals surface area contributed by atoms with Crippen molar-refractivity contribution in [2.75, 3.05) is 13.1 Å². The van der Waals surface area contributed by atoms with E-state index < -0.39 is 0 Å². The fourth-order valence-corrected chi connectivity index (χ4v) is 2.86. The third kappa shape index (κ3) is 4.97. The van der Waals surface area contributed by atoms with Crippen LogP contribution >= 0.6 is 0 Å². The molecule has 25 heavy (non-hydrogen) atoms. The second-order valence-electron chi connectivity index (χ2n) is 6.19. The van der Waals surface area contributed by atoms with Gasteiger partial charge in [-0.05, 0) is 23.3 Å². The van der Waals surface area contributed by atoms with Gasteiger partial charge in [0.25, 0.3) is 0 Å². The van der Waals surface area contributed by atoms with Crippen molar-refractivity contribution in [3.05, 3.63) is 65.7 Å². The van der Waals surface area contributed by atoms with Crippen LogP contribution in [-0.4, -0.2) is 30.2 Å². The number of ether oxygens (including phenoxy) is 2. The number of piperidine rings is 1. The van der Waals surface area contributed by atoms with Gasteiger partial charge >= 0.3 is 6.09 Å². The second-order valence-corrected chi connectivity index (χ2v) is 6.19. The number of hydrogen-bond donors (Lipinski definition) is 1. The van der Waals surface area contributed by atoms with E-state index in [1.165, 1.54) is 0 Å². The molecule has 1 aliphatic heterocycles. The number of rotatable bonds is 5. The lowest BCUT2D eigenvalue weighted by Gasteiger charge is -2.31. The molecule has 0 bridgehead atoms. The molecule has 2 aromatic rings. The van der Waals surface area contributed by atoms with Gasteiger partial charge in [-0.2, -0.15) is 0 Å². The maximum atomic E-state index is 12.2. The second kappa shape index (κ2) is 8.53. The van der Waals surface area contributed by atoms with Crippen LogP contribution in [0.4, 0.5) is 4.79 Å². The third-order valence-electron chi connectivity index (χ3n) is 4.37. The number of benzene rings is 2. The molecule has 3 rings (SSSR count). The molecule has 1 amide bonds. The summed E-state index contributed by atoms with van der Waals surface area (Å²) in [5.41, 5.74) is 7.68. The van der Waals surface area contributed by atoms with Crippen molar-refractivity contribution in [1.29, 1.82) is 0 Å². The van der Waals surface area contributed by atoms with Crippen molar-refractivity contribution in [3.63, 3.8) is 0 Å². The van der Waals surface area contributed by atoms with E-state index in [0.29, 0.717) is 26.2 Å². The Kier molecular flexibility index (Phi) is 5.90. The van der Waals surface area contributed by atoms with E-state index in [4.69, 9.17) is 15.2 Å². The molecule has 5 heteroatoms. The van der Waals surface area contributed by atoms with Crippen LogP contribution in [0.3, 0.4) is 0 Å². The molecular weight excluding hydrogens is 316 g/mol. The molecule has 0 aromatic heterocycles. The van der Waals surface area contributed by atoms with Gasteiger partial charge in [-0.3, -0.25) is 0 Å². The number of amides is 1. The van der Waals surface area contributed by atoms with Crippen molar-refractivity contribution in [3.8, 4) is 5.75 Å². The van der Waals surface area contributed by atoms with Gasteiger partial charge in [-0.1, -0.05) is 42.5 Å². The van der Waals surface area contributed by atoms with E-state index >= 15 is 0 Å². The Bertz CT molecular complexity index is 665. The first-order chi connectivity index (χ1) is 12.2. The largest absolute Gasteiger partial charge is 0.490 e. The summed E-state index contributed by atoms with van der Waals surface area (Å²) < 4.78 is 11.4. The van der Waals surface area contributed by atoms with Crippen molar-refractivity contribution >= 4 is 6.09 Å². The molecule has 0 unspecified atom stereocenters. The monoisotopic (exact) mass is 340 g/mol. The average Bonchev–Trinajstić information content (AvgIpc) is 2.68. The normalized spacial score (nSPS) is 15.0. The Morgan fingerprint density at radius 1 is 1.00 bits per heavy atom. The van der Waals surface area contributed by atoms with E-state index in [1.807, 2.05) is 54.6 Å². The number of carbonyl (C=O) groups is 1. The van der Waals surface area contributed by atoms with Crippen LogP contribution in [0.5, 0.6) is 5.75 Å². The summed E-state index contributed by atoms with van der Waals surface area (Å²) >= 11 is 0. The number of nitrogens with zero attached hydrogens (tertiary/aromatic N) is 1. The quantitative estimate of drug-likeness (QED) is 0.907. The third-order valence-corrected chi connectivity index (χ3v) is 4.37. The summed E-state index contributed by atoms with van der Waals surface area (Å²) in [6.07, 6.45) is 1.48. The summed E-state index contributed by atoms with van der Waals surface area (Å²) in [4.78, 5) is 13.9.